The smallest absolute Gasteiger partial charge is 0.254 e. The number of anilines is 1. The number of rotatable bonds is 5. The number of fused-ring (bicyclic) bond motifs is 1. The summed E-state index contributed by atoms with van der Waals surface area (Å²) in [5.41, 5.74) is 7.27. The second kappa shape index (κ2) is 11.4. The Hall–Kier alpha value is -5.15. The van der Waals surface area contributed by atoms with E-state index in [-0.39, 0.29) is 18.0 Å². The van der Waals surface area contributed by atoms with Crippen LogP contribution in [0.15, 0.2) is 103 Å². The molecule has 0 N–H and O–H groups in total. The van der Waals surface area contributed by atoms with Gasteiger partial charge in [-0.25, -0.2) is 0 Å². The number of pyridine rings is 1. The summed E-state index contributed by atoms with van der Waals surface area (Å²) in [6.45, 7) is 5.77. The van der Waals surface area contributed by atoms with Crippen LogP contribution in [0.1, 0.15) is 29.8 Å². The molecule has 5 aromatic rings. The zero-order chi connectivity index (χ0) is 29.2. The molecule has 4 aromatic carbocycles. The van der Waals surface area contributed by atoms with Crippen molar-refractivity contribution in [2.45, 2.75) is 25.9 Å². The van der Waals surface area contributed by atoms with E-state index in [0.29, 0.717) is 5.56 Å². The van der Waals surface area contributed by atoms with Gasteiger partial charge in [0.25, 0.3) is 5.91 Å². The van der Waals surface area contributed by atoms with Gasteiger partial charge in [-0.1, -0.05) is 54.6 Å². The summed E-state index contributed by atoms with van der Waals surface area (Å²) >= 11 is 0. The summed E-state index contributed by atoms with van der Waals surface area (Å²) in [6, 6.07) is 34.0. The van der Waals surface area contributed by atoms with Crippen molar-refractivity contribution >= 4 is 22.5 Å². The van der Waals surface area contributed by atoms with Crippen LogP contribution in [-0.4, -0.2) is 48.1 Å². The Morgan fingerprint density at radius 1 is 0.833 bits per heavy atom. The summed E-state index contributed by atoms with van der Waals surface area (Å²) in [4.78, 5) is 22.5. The van der Waals surface area contributed by atoms with Crippen LogP contribution in [0.3, 0.4) is 0 Å². The number of piperazine rings is 1. The molecule has 1 unspecified atom stereocenters. The summed E-state index contributed by atoms with van der Waals surface area (Å²) in [6.07, 6.45) is 1.88. The van der Waals surface area contributed by atoms with Gasteiger partial charge < -0.3 is 14.5 Å². The number of hydrogen-bond donors (Lipinski definition) is 0. The van der Waals surface area contributed by atoms with Gasteiger partial charge in [0.2, 0.25) is 0 Å². The lowest BCUT2D eigenvalue weighted by Gasteiger charge is -2.45. The van der Waals surface area contributed by atoms with E-state index in [1.807, 2.05) is 83.9 Å². The monoisotopic (exact) mass is 552 g/mol. The molecule has 1 aliphatic rings. The van der Waals surface area contributed by atoms with Crippen LogP contribution < -0.4 is 9.64 Å². The lowest BCUT2D eigenvalue weighted by Crippen LogP contribution is -2.58. The molecule has 6 heteroatoms. The number of amides is 1. The molecular formula is C36H32N4O2. The molecule has 0 saturated carbocycles. The van der Waals surface area contributed by atoms with E-state index in [2.05, 4.69) is 49.1 Å². The molecular weight excluding hydrogens is 520 g/mol. The second-order valence-corrected chi connectivity index (χ2v) is 10.8. The molecule has 1 amide bonds. The minimum atomic E-state index is 0.0798. The molecule has 1 aromatic heterocycles. The lowest BCUT2D eigenvalue weighted by atomic mass is 9.97. The average Bonchev–Trinajstić information content (AvgIpc) is 3.04. The van der Waals surface area contributed by atoms with E-state index in [4.69, 9.17) is 15.0 Å². The quantitative estimate of drug-likeness (QED) is 0.231. The Morgan fingerprint density at radius 3 is 2.12 bits per heavy atom. The van der Waals surface area contributed by atoms with Gasteiger partial charge in [-0.05, 0) is 67.4 Å². The zero-order valence-electron chi connectivity index (χ0n) is 24.0. The van der Waals surface area contributed by atoms with Crippen LogP contribution in [0, 0.1) is 11.3 Å². The van der Waals surface area contributed by atoms with Crippen molar-refractivity contribution in [3.63, 3.8) is 0 Å². The third-order valence-corrected chi connectivity index (χ3v) is 8.09. The van der Waals surface area contributed by atoms with Gasteiger partial charge in [-0.15, -0.1) is 0 Å². The van der Waals surface area contributed by atoms with Crippen molar-refractivity contribution in [1.82, 2.24) is 9.88 Å². The summed E-state index contributed by atoms with van der Waals surface area (Å²) in [7, 11) is 1.69. The number of nitriles is 1. The molecule has 0 aliphatic carbocycles. The SMILES string of the molecule is COc1c(-c2ccc(N3CC(C)N(C(=O)c4ccccc4)[C@H](C)C3)cc2)cnc2c(-c3ccc(C#N)cc3)cccc12. The fourth-order valence-electron chi connectivity index (χ4n) is 6.10. The number of nitrogens with zero attached hydrogens (tertiary/aromatic N) is 4. The van der Waals surface area contributed by atoms with Crippen molar-refractivity contribution in [1.29, 1.82) is 5.26 Å². The van der Waals surface area contributed by atoms with Gasteiger partial charge in [-0.2, -0.15) is 5.26 Å². The molecule has 1 saturated heterocycles. The van der Waals surface area contributed by atoms with Crippen LogP contribution in [-0.2, 0) is 0 Å². The molecule has 2 heterocycles. The van der Waals surface area contributed by atoms with Gasteiger partial charge in [0, 0.05) is 59.1 Å². The number of para-hydroxylation sites is 1. The maximum Gasteiger partial charge on any atom is 0.254 e. The number of aromatic nitrogens is 1. The fourth-order valence-corrected chi connectivity index (χ4v) is 6.10. The Morgan fingerprint density at radius 2 is 1.48 bits per heavy atom. The third-order valence-electron chi connectivity index (χ3n) is 8.09. The Bertz CT molecular complexity index is 1760. The largest absolute Gasteiger partial charge is 0.495 e. The first kappa shape index (κ1) is 27.0. The highest BCUT2D eigenvalue weighted by Gasteiger charge is 2.33. The van der Waals surface area contributed by atoms with E-state index in [1.165, 1.54) is 0 Å². The first-order chi connectivity index (χ1) is 20.5. The Kier molecular flexibility index (Phi) is 7.33. The van der Waals surface area contributed by atoms with Crippen LogP contribution in [0.2, 0.25) is 0 Å². The normalized spacial score (nSPS) is 16.7. The van der Waals surface area contributed by atoms with Gasteiger partial charge in [0.05, 0.1) is 24.3 Å². The molecule has 2 atom stereocenters. The average molecular weight is 553 g/mol. The van der Waals surface area contributed by atoms with Crippen molar-refractivity contribution in [3.8, 4) is 34.1 Å². The number of hydrogen-bond acceptors (Lipinski definition) is 5. The number of methoxy groups -OCH3 is 1. The second-order valence-electron chi connectivity index (χ2n) is 10.8. The number of benzene rings is 4. The van der Waals surface area contributed by atoms with E-state index in [0.717, 1.165) is 63.2 Å². The zero-order valence-corrected chi connectivity index (χ0v) is 24.0. The van der Waals surface area contributed by atoms with Crippen molar-refractivity contribution in [2.24, 2.45) is 0 Å². The fraction of sp³-hybridized carbons (Fsp3) is 0.194. The minimum Gasteiger partial charge on any atom is -0.495 e. The number of carbonyl (C=O) groups excluding carboxylic acids is 1. The predicted octanol–water partition coefficient (Wildman–Crippen LogP) is 7.19. The molecule has 6 nitrogen and oxygen atoms in total. The van der Waals surface area contributed by atoms with Gasteiger partial charge in [0.1, 0.15) is 5.75 Å². The minimum absolute atomic E-state index is 0.0798. The van der Waals surface area contributed by atoms with Gasteiger partial charge >= 0.3 is 0 Å². The van der Waals surface area contributed by atoms with Crippen LogP contribution in [0.25, 0.3) is 33.2 Å². The van der Waals surface area contributed by atoms with E-state index >= 15 is 0 Å². The van der Waals surface area contributed by atoms with Crippen LogP contribution in [0.4, 0.5) is 5.69 Å². The maximum absolute atomic E-state index is 13.2. The molecule has 0 radical (unpaired) electrons. The lowest BCUT2D eigenvalue weighted by molar-refractivity contribution is 0.0574. The molecule has 0 spiro atoms. The molecule has 1 aliphatic heterocycles. The Balaban J connectivity index is 1.26. The van der Waals surface area contributed by atoms with Gasteiger partial charge in [0.15, 0.2) is 0 Å². The highest BCUT2D eigenvalue weighted by molar-refractivity contribution is 6.00. The molecule has 42 heavy (non-hydrogen) atoms. The molecule has 6 rings (SSSR count). The summed E-state index contributed by atoms with van der Waals surface area (Å²) < 4.78 is 5.95. The number of carbonyl (C=O) groups is 1. The first-order valence-corrected chi connectivity index (χ1v) is 14.2. The maximum atomic E-state index is 13.2. The van der Waals surface area contributed by atoms with E-state index in [9.17, 15) is 4.79 Å². The van der Waals surface area contributed by atoms with Crippen molar-refractivity contribution in [2.75, 3.05) is 25.1 Å². The summed E-state index contributed by atoms with van der Waals surface area (Å²) in [5.74, 6) is 0.863. The molecule has 1 fully saturated rings. The van der Waals surface area contributed by atoms with Crippen LogP contribution >= 0.6 is 0 Å². The summed E-state index contributed by atoms with van der Waals surface area (Å²) in [5, 5.41) is 10.1. The molecule has 0 bridgehead atoms. The standard InChI is InChI=1S/C36H32N4O2/c1-24-22-39(23-25(2)40(24)36(41)29-8-5-4-6-9-29)30-18-16-28(17-19-30)33-21-38-34-31(10-7-11-32(34)35(33)42-3)27-14-12-26(20-37)13-15-27/h4-19,21,24-25H,22-23H2,1-3H3/t24-,25?/m1/s1. The van der Waals surface area contributed by atoms with Crippen LogP contribution in [0.5, 0.6) is 5.75 Å². The van der Waals surface area contributed by atoms with E-state index in [1.54, 1.807) is 7.11 Å². The topological polar surface area (TPSA) is 69.5 Å². The van der Waals surface area contributed by atoms with Crippen molar-refractivity contribution < 1.29 is 9.53 Å². The van der Waals surface area contributed by atoms with Crippen molar-refractivity contribution in [3.05, 3.63) is 114 Å². The first-order valence-electron chi connectivity index (χ1n) is 14.2. The highest BCUT2D eigenvalue weighted by Crippen LogP contribution is 2.39. The highest BCUT2D eigenvalue weighted by atomic mass is 16.5. The van der Waals surface area contributed by atoms with E-state index < -0.39 is 0 Å². The predicted molar refractivity (Wildman–Crippen MR) is 168 cm³/mol. The number of ether oxygens (including phenoxy) is 1. The Labute approximate surface area is 246 Å². The molecule has 208 valence electrons. The van der Waals surface area contributed by atoms with Gasteiger partial charge in [-0.3, -0.25) is 9.78 Å². The third kappa shape index (κ3) is 4.95.